The van der Waals surface area contributed by atoms with Crippen LogP contribution >= 0.6 is 15.9 Å². The number of hydrogen-bond acceptors (Lipinski definition) is 2. The van der Waals surface area contributed by atoms with Crippen LogP contribution in [0.4, 0.5) is 0 Å². The molecule has 0 amide bonds. The fourth-order valence-corrected chi connectivity index (χ4v) is 2.18. The maximum absolute atomic E-state index is 3.53. The highest BCUT2D eigenvalue weighted by Crippen LogP contribution is 2.12. The highest BCUT2D eigenvalue weighted by Gasteiger charge is 2.21. The van der Waals surface area contributed by atoms with Gasteiger partial charge in [0.2, 0.25) is 0 Å². The molecular formula is C11H15BrN2. The molecule has 0 aliphatic carbocycles. The average molecular weight is 255 g/mol. The van der Waals surface area contributed by atoms with Crippen LogP contribution in [0.2, 0.25) is 0 Å². The highest BCUT2D eigenvalue weighted by molar-refractivity contribution is 9.10. The van der Waals surface area contributed by atoms with Gasteiger partial charge in [-0.1, -0.05) is 28.1 Å². The molecule has 1 heterocycles. The van der Waals surface area contributed by atoms with Gasteiger partial charge in [-0.05, 0) is 24.7 Å². The van der Waals surface area contributed by atoms with E-state index < -0.39 is 0 Å². The van der Waals surface area contributed by atoms with Gasteiger partial charge in [-0.3, -0.25) is 0 Å². The van der Waals surface area contributed by atoms with Crippen molar-refractivity contribution in [2.75, 3.05) is 20.1 Å². The Labute approximate surface area is 93.4 Å². The summed E-state index contributed by atoms with van der Waals surface area (Å²) in [7, 11) is 2.15. The second-order valence-electron chi connectivity index (χ2n) is 3.93. The van der Waals surface area contributed by atoms with Crippen molar-refractivity contribution >= 4 is 15.9 Å². The van der Waals surface area contributed by atoms with Gasteiger partial charge in [0.25, 0.3) is 0 Å². The van der Waals surface area contributed by atoms with Gasteiger partial charge in [-0.2, -0.15) is 0 Å². The zero-order valence-corrected chi connectivity index (χ0v) is 9.92. The molecule has 2 nitrogen and oxygen atoms in total. The molecule has 1 aliphatic heterocycles. The van der Waals surface area contributed by atoms with Gasteiger partial charge < -0.3 is 10.2 Å². The molecule has 0 bridgehead atoms. The van der Waals surface area contributed by atoms with E-state index in [1.807, 2.05) is 0 Å². The third-order valence-electron chi connectivity index (χ3n) is 2.55. The number of likely N-dealkylation sites (N-methyl/N-ethyl adjacent to an activating group) is 1. The molecule has 3 heteroatoms. The summed E-state index contributed by atoms with van der Waals surface area (Å²) in [5.41, 5.74) is 1.34. The van der Waals surface area contributed by atoms with Gasteiger partial charge in [-0.15, -0.1) is 0 Å². The zero-order valence-electron chi connectivity index (χ0n) is 8.33. The number of hydrogen-bond donors (Lipinski definition) is 1. The maximum atomic E-state index is 3.53. The maximum Gasteiger partial charge on any atom is 0.0325 e. The lowest BCUT2D eigenvalue weighted by Crippen LogP contribution is -2.55. The molecule has 1 fully saturated rings. The van der Waals surface area contributed by atoms with Crippen LogP contribution in [0, 0.1) is 0 Å². The van der Waals surface area contributed by atoms with Crippen LogP contribution in [-0.2, 0) is 6.54 Å². The summed E-state index contributed by atoms with van der Waals surface area (Å²) in [6.45, 7) is 3.32. The van der Waals surface area contributed by atoms with Crippen molar-refractivity contribution in [3.05, 3.63) is 34.3 Å². The van der Waals surface area contributed by atoms with E-state index in [1.54, 1.807) is 0 Å². The predicted octanol–water partition coefficient (Wildman–Crippen LogP) is 1.85. The summed E-state index contributed by atoms with van der Waals surface area (Å²) in [6.07, 6.45) is 0. The van der Waals surface area contributed by atoms with Crippen molar-refractivity contribution in [3.8, 4) is 0 Å². The van der Waals surface area contributed by atoms with Crippen LogP contribution < -0.4 is 5.32 Å². The molecule has 0 aromatic heterocycles. The smallest absolute Gasteiger partial charge is 0.0325 e. The van der Waals surface area contributed by atoms with Crippen LogP contribution in [0.5, 0.6) is 0 Å². The fraction of sp³-hybridized carbons (Fsp3) is 0.455. The van der Waals surface area contributed by atoms with Gasteiger partial charge in [-0.25, -0.2) is 0 Å². The van der Waals surface area contributed by atoms with Crippen LogP contribution in [0.1, 0.15) is 5.56 Å². The van der Waals surface area contributed by atoms with Crippen LogP contribution in [-0.4, -0.2) is 31.1 Å². The molecule has 0 atom stereocenters. The van der Waals surface area contributed by atoms with E-state index in [-0.39, 0.29) is 0 Å². The minimum atomic E-state index is 0.680. The summed E-state index contributed by atoms with van der Waals surface area (Å²) in [5, 5.41) is 3.53. The normalized spacial score (nSPS) is 18.1. The van der Waals surface area contributed by atoms with E-state index in [9.17, 15) is 0 Å². The van der Waals surface area contributed by atoms with E-state index >= 15 is 0 Å². The summed E-state index contributed by atoms with van der Waals surface area (Å²) in [6, 6.07) is 9.13. The van der Waals surface area contributed by atoms with Gasteiger partial charge in [0.15, 0.2) is 0 Å². The molecule has 1 aliphatic rings. The Balaban J connectivity index is 1.80. The van der Waals surface area contributed by atoms with Gasteiger partial charge in [0.1, 0.15) is 0 Å². The topological polar surface area (TPSA) is 15.3 Å². The van der Waals surface area contributed by atoms with Crippen LogP contribution in [0.25, 0.3) is 0 Å². The molecule has 2 rings (SSSR count). The van der Waals surface area contributed by atoms with Crippen LogP contribution in [0.3, 0.4) is 0 Å². The predicted molar refractivity (Wildman–Crippen MR) is 62.3 cm³/mol. The van der Waals surface area contributed by atoms with E-state index in [0.29, 0.717) is 6.04 Å². The fourth-order valence-electron chi connectivity index (χ4n) is 1.74. The Morgan fingerprint density at radius 3 is 2.93 bits per heavy atom. The molecule has 1 aromatic carbocycles. The number of benzene rings is 1. The molecule has 0 saturated carbocycles. The van der Waals surface area contributed by atoms with Crippen molar-refractivity contribution < 1.29 is 0 Å². The van der Waals surface area contributed by atoms with Crippen LogP contribution in [0.15, 0.2) is 28.7 Å². The standard InChI is InChI=1S/C11H15BrN2/c1-14-7-11(8-14)13-6-9-3-2-4-10(12)5-9/h2-5,11,13H,6-8H2,1H3. The van der Waals surface area contributed by atoms with Crippen molar-refractivity contribution in [1.82, 2.24) is 10.2 Å². The summed E-state index contributed by atoms with van der Waals surface area (Å²) in [4.78, 5) is 2.32. The molecule has 0 spiro atoms. The number of nitrogens with zero attached hydrogens (tertiary/aromatic N) is 1. The van der Waals surface area contributed by atoms with Crippen molar-refractivity contribution in [1.29, 1.82) is 0 Å². The summed E-state index contributed by atoms with van der Waals surface area (Å²) >= 11 is 3.47. The SMILES string of the molecule is CN1CC(NCc2cccc(Br)c2)C1. The molecule has 1 saturated heterocycles. The monoisotopic (exact) mass is 254 g/mol. The lowest BCUT2D eigenvalue weighted by molar-refractivity contribution is 0.161. The first-order valence-electron chi connectivity index (χ1n) is 4.90. The van der Waals surface area contributed by atoms with Gasteiger partial charge >= 0.3 is 0 Å². The van der Waals surface area contributed by atoms with Crippen molar-refractivity contribution in [2.45, 2.75) is 12.6 Å². The quantitative estimate of drug-likeness (QED) is 0.886. The largest absolute Gasteiger partial charge is 0.307 e. The second kappa shape index (κ2) is 4.43. The number of rotatable bonds is 3. The zero-order chi connectivity index (χ0) is 9.97. The van der Waals surface area contributed by atoms with E-state index in [0.717, 1.165) is 11.0 Å². The number of halogens is 1. The van der Waals surface area contributed by atoms with Crippen molar-refractivity contribution in [3.63, 3.8) is 0 Å². The molecule has 76 valence electrons. The Morgan fingerprint density at radius 1 is 1.50 bits per heavy atom. The Bertz CT molecular complexity index is 308. The number of nitrogens with one attached hydrogen (secondary N) is 1. The molecular weight excluding hydrogens is 240 g/mol. The first-order valence-corrected chi connectivity index (χ1v) is 5.70. The third kappa shape index (κ3) is 2.56. The van der Waals surface area contributed by atoms with Gasteiger partial charge in [0, 0.05) is 30.1 Å². The Morgan fingerprint density at radius 2 is 2.29 bits per heavy atom. The number of likely N-dealkylation sites (tertiary alicyclic amines) is 1. The second-order valence-corrected chi connectivity index (χ2v) is 4.84. The van der Waals surface area contributed by atoms with E-state index in [2.05, 4.69) is 57.5 Å². The molecule has 1 N–H and O–H groups in total. The van der Waals surface area contributed by atoms with Crippen molar-refractivity contribution in [2.24, 2.45) is 0 Å². The highest BCUT2D eigenvalue weighted by atomic mass is 79.9. The molecule has 0 unspecified atom stereocenters. The third-order valence-corrected chi connectivity index (χ3v) is 3.04. The Kier molecular flexibility index (Phi) is 3.21. The van der Waals surface area contributed by atoms with E-state index in [4.69, 9.17) is 0 Å². The Hall–Kier alpha value is -0.380. The minimum Gasteiger partial charge on any atom is -0.307 e. The first kappa shape index (κ1) is 10.1. The molecule has 14 heavy (non-hydrogen) atoms. The lowest BCUT2D eigenvalue weighted by atomic mass is 10.1. The summed E-state index contributed by atoms with van der Waals surface area (Å²) in [5.74, 6) is 0. The first-order chi connectivity index (χ1) is 6.74. The summed E-state index contributed by atoms with van der Waals surface area (Å²) < 4.78 is 1.16. The van der Waals surface area contributed by atoms with E-state index in [1.165, 1.54) is 18.7 Å². The average Bonchev–Trinajstić information content (AvgIpc) is 2.11. The molecule has 0 radical (unpaired) electrons. The van der Waals surface area contributed by atoms with Gasteiger partial charge in [0.05, 0.1) is 0 Å². The minimum absolute atomic E-state index is 0.680. The lowest BCUT2D eigenvalue weighted by Gasteiger charge is -2.36. The molecule has 1 aromatic rings.